The summed E-state index contributed by atoms with van der Waals surface area (Å²) in [4.78, 5) is 215. The van der Waals surface area contributed by atoms with Crippen LogP contribution in [0.5, 0.6) is 5.75 Å². The van der Waals surface area contributed by atoms with E-state index in [4.69, 9.17) is 11.5 Å². The van der Waals surface area contributed by atoms with E-state index >= 15 is 0 Å². The average Bonchev–Trinajstić information content (AvgIpc) is 1.76. The summed E-state index contributed by atoms with van der Waals surface area (Å²) in [5.74, 6) is -16.2. The van der Waals surface area contributed by atoms with E-state index in [1.54, 1.807) is 20.8 Å². The third-order valence-electron chi connectivity index (χ3n) is 16.0. The smallest absolute Gasteiger partial charge is 0.303 e. The van der Waals surface area contributed by atoms with Gasteiger partial charge in [-0.3, -0.25) is 92.7 Å². The van der Waals surface area contributed by atoms with Crippen LogP contribution in [0.25, 0.3) is 0 Å². The monoisotopic (exact) mass is 1640 g/mol. The Hall–Kier alpha value is -5.23. The van der Waals surface area contributed by atoms with E-state index < -0.39 is 204 Å². The summed E-state index contributed by atoms with van der Waals surface area (Å²) in [5.41, 5.74) is 19.9. The summed E-state index contributed by atoms with van der Waals surface area (Å²) in [6.07, 6.45) is -3.08. The molecule has 2 heterocycles. The van der Waals surface area contributed by atoms with Gasteiger partial charge in [0.05, 0.1) is 84.7 Å². The Morgan fingerprint density at radius 1 is 0.648 bits per heavy atom. The summed E-state index contributed by atoms with van der Waals surface area (Å²) < 4.78 is 0. The zero-order valence-electron chi connectivity index (χ0n) is 58.4. The molecule has 19 N–H and O–H groups in total. The lowest BCUT2D eigenvalue weighted by Gasteiger charge is -2.30. The topological polar surface area (TPSA) is 533 Å². The van der Waals surface area contributed by atoms with Gasteiger partial charge in [0.15, 0.2) is 5.78 Å². The number of Topliss-reactive ketones (excluding diaryl/α,β-unsaturated/α-hetero) is 7. The Morgan fingerprint density at radius 3 is 1.72 bits per heavy atom. The van der Waals surface area contributed by atoms with Crippen LogP contribution in [0.15, 0.2) is 24.3 Å². The maximum absolute atomic E-state index is 14.0. The molecule has 2 saturated heterocycles. The molecule has 1 aromatic carbocycles. The van der Waals surface area contributed by atoms with Crippen molar-refractivity contribution in [2.45, 2.75) is 165 Å². The highest BCUT2D eigenvalue weighted by Gasteiger charge is 2.40. The lowest BCUT2D eigenvalue weighted by molar-refractivity contribution is -0.141. The Labute approximate surface area is 650 Å². The Bertz CT molecular complexity index is 3170. The second kappa shape index (κ2) is 49.7. The zero-order valence-corrected chi connectivity index (χ0v) is 66.1. The number of aliphatic hydroxyl groups is 1. The number of hydrogen-bond acceptors (Lipinski definition) is 34. The molecule has 34 nitrogen and oxygen atoms in total. The van der Waals surface area contributed by atoms with Gasteiger partial charge in [-0.15, -0.1) is 0 Å². The normalized spacial score (nSPS) is 27.2. The third-order valence-corrected chi connectivity index (χ3v) is 22.7. The molecule has 2 aliphatic heterocycles. The van der Waals surface area contributed by atoms with Gasteiger partial charge in [-0.1, -0.05) is 76.1 Å². The van der Waals surface area contributed by atoms with E-state index in [1.807, 2.05) is 0 Å². The number of primary amides is 2. The maximum atomic E-state index is 14.0. The fourth-order valence-corrected chi connectivity index (χ4v) is 15.7. The van der Waals surface area contributed by atoms with E-state index in [-0.39, 0.29) is 102 Å². The molecular weight excluding hydrogens is 1550 g/mol. The molecule has 0 spiro atoms. The summed E-state index contributed by atoms with van der Waals surface area (Å²) in [6.45, 7) is 6.78. The number of phenols is 1. The van der Waals surface area contributed by atoms with Gasteiger partial charge in [0.25, 0.3) is 0 Å². The lowest BCUT2D eigenvalue weighted by Crippen LogP contribution is -2.62. The number of ketones is 7. The van der Waals surface area contributed by atoms with E-state index in [9.17, 15) is 92.0 Å². The number of fused-ring (bicyclic) bond motifs is 1. The van der Waals surface area contributed by atoms with Crippen LogP contribution in [0, 0.1) is 11.8 Å². The van der Waals surface area contributed by atoms with Crippen molar-refractivity contribution < 1.29 is 92.0 Å². The lowest BCUT2D eigenvalue weighted by atomic mass is 9.96. The number of nitrogens with two attached hydrogens (primary N) is 2. The van der Waals surface area contributed by atoms with Crippen LogP contribution in [-0.2, 0) is 83.1 Å². The molecule has 2 fully saturated rings. The highest BCUT2D eigenvalue weighted by Crippen LogP contribution is 2.23. The van der Waals surface area contributed by atoms with Gasteiger partial charge in [0.1, 0.15) is 36.0 Å². The number of phenolic OH excluding ortho intramolecular Hbond substituents is 1. The number of carboxylic acid groups (broad SMARTS) is 1. The van der Waals surface area contributed by atoms with Crippen LogP contribution < -0.4 is 75.6 Å². The van der Waals surface area contributed by atoms with Gasteiger partial charge < -0.3 is 58.7 Å². The number of nitrogens with zero attached hydrogens (tertiary/aromatic N) is 1. The van der Waals surface area contributed by atoms with Gasteiger partial charge in [0, 0.05) is 54.1 Å². The maximum Gasteiger partial charge on any atom is 0.303 e. The number of amides is 8. The highest BCUT2D eigenvalue weighted by atomic mass is 33.1. The summed E-state index contributed by atoms with van der Waals surface area (Å²) in [5, 5.41) is 55.1. The Morgan fingerprint density at radius 2 is 1.19 bits per heavy atom. The van der Waals surface area contributed by atoms with Crippen LogP contribution in [0.3, 0.4) is 0 Å². The number of thioether (sulfide) groups is 1. The van der Waals surface area contributed by atoms with Crippen molar-refractivity contribution in [3.05, 3.63) is 29.8 Å². The molecule has 43 heteroatoms. The molecule has 0 radical (unpaired) electrons. The predicted molar refractivity (Wildman–Crippen MR) is 414 cm³/mol. The van der Waals surface area contributed by atoms with Crippen LogP contribution >= 0.6 is 105 Å². The number of aliphatic hydroxyl groups excluding tert-OH is 1. The quantitative estimate of drug-likeness (QED) is 0.0405. The van der Waals surface area contributed by atoms with Gasteiger partial charge in [-0.2, -0.15) is 62.3 Å². The fourth-order valence-electron chi connectivity index (χ4n) is 10.0. The molecule has 1 aromatic rings. The van der Waals surface area contributed by atoms with Crippen LogP contribution in [0.1, 0.15) is 85.1 Å². The number of thiol groups is 4. The first-order chi connectivity index (χ1) is 49.7. The molecule has 2 unspecified atom stereocenters. The minimum atomic E-state index is -1.80. The number of carboxylic acids is 1. The van der Waals surface area contributed by atoms with Crippen molar-refractivity contribution >= 4 is 199 Å². The van der Waals surface area contributed by atoms with E-state index in [1.165, 1.54) is 48.0 Å². The van der Waals surface area contributed by atoms with Crippen molar-refractivity contribution in [2.24, 2.45) is 23.3 Å². The van der Waals surface area contributed by atoms with E-state index in [0.29, 0.717) is 12.0 Å². The fraction of sp³-hybridized carbons (Fsp3) is 0.645. The first kappa shape index (κ1) is 94.0. The minimum absolute atomic E-state index is 0.0190. The number of aliphatic carboxylic acids is 1. The summed E-state index contributed by atoms with van der Waals surface area (Å²) in [6, 6.07) is -10.2. The largest absolute Gasteiger partial charge is 0.508 e. The third kappa shape index (κ3) is 33.7. The molecule has 105 heavy (non-hydrogen) atoms. The van der Waals surface area contributed by atoms with Crippen molar-refractivity contribution in [2.75, 3.05) is 71.0 Å². The number of hydrazine groups is 2. The first-order valence-electron chi connectivity index (χ1n) is 33.2. The molecule has 0 saturated carbocycles. The number of rotatable bonds is 17. The number of aromatic hydroxyl groups is 1. The molecule has 3 rings (SSSR count). The number of benzene rings is 1. The van der Waals surface area contributed by atoms with Crippen molar-refractivity contribution in [3.8, 4) is 5.75 Å². The van der Waals surface area contributed by atoms with Crippen LogP contribution in [0.4, 0.5) is 0 Å². The molecule has 0 bridgehead atoms. The molecule has 2 aliphatic rings. The predicted octanol–water partition coefficient (Wildman–Crippen LogP) is -3.70. The Balaban J connectivity index is 1.93. The summed E-state index contributed by atoms with van der Waals surface area (Å²) in [7, 11) is 4.48. The van der Waals surface area contributed by atoms with Crippen molar-refractivity contribution in [1.29, 1.82) is 0 Å². The van der Waals surface area contributed by atoms with Crippen molar-refractivity contribution in [1.82, 2.24) is 69.1 Å². The second-order valence-corrected chi connectivity index (χ2v) is 32.4. The number of nitrogens with one attached hydrogen (secondary N) is 12. The standard InChI is InChI=1S/C62H97N15O19S9/c1-30(2)17-38-53(87)56(90)44(24-100)66-27-103-102-26-46(80)41(21-97)72-58(92)31(3)25-101-16-14-37(59(93)71-39(57(64)91)18-34-8-10-35(79)11-9-34)70-48(82)20-65-62(96)50(33(5)78)73-60(94)40(19-47(63)81)76-77-15-6-7-45(77)61(95)69-32(4)51(85)54(88)42(22-98)67-28-104-105-29-68-43(23-99)55(89)52(86)36(74-75-38)12-13-49(83)84/h8-11,30-33,36-45,50,66-68,74-76,78-79,97-100H,6-7,12-29H2,1-5H3,(H2,63,81)(H2,64,91)(H,65,96)(H,69,95)(H,70,82)(H,71,93)(H,72,92)(H,73,94)(H,83,84)/t31-,32-,33+,36-,37?,38-,39-,40?,41-,42-,43-,44-,45-,50-/m0/s1. The SMILES string of the molecule is CC(C)C[C@@H]1NN[C@@H](CCC(=O)O)C(=O)C(=O)[C@H](CS)NCSSCN[C@@H](CS)C(=O)C(=O)[C@H](C)NC(=O)[C@@H]2CCCN2NC(CC(N)=O)C(=O)N[C@@H]([C@@H](C)O)C(=O)NCC(=O)NC(C(=O)N[C@@H](Cc2ccc(O)cc2)C(N)=O)CCSC[C@H](C)C(=O)N[C@@H](CS)C(=O)CSSCN[C@@H](CS)C(=O)C1=O. The average molecular weight is 1650 g/mol. The first-order valence-corrected chi connectivity index (χ1v) is 41.9. The molecule has 0 aliphatic carbocycles. The minimum Gasteiger partial charge on any atom is -0.508 e. The summed E-state index contributed by atoms with van der Waals surface area (Å²) >= 11 is 18.3. The van der Waals surface area contributed by atoms with Crippen molar-refractivity contribution in [3.63, 3.8) is 0 Å². The Kier molecular flexibility index (Phi) is 44.5. The zero-order chi connectivity index (χ0) is 78.6. The number of carbonyl (C=O) groups excluding carboxylic acids is 15. The van der Waals surface area contributed by atoms with Crippen LogP contribution in [0.2, 0.25) is 0 Å². The molecule has 8 amide bonds. The number of hydrogen-bond donors (Lipinski definition) is 21. The highest BCUT2D eigenvalue weighted by molar-refractivity contribution is 8.77. The van der Waals surface area contributed by atoms with E-state index in [2.05, 4.69) is 115 Å². The molecule has 0 aromatic heterocycles. The van der Waals surface area contributed by atoms with Gasteiger partial charge in [-0.25, -0.2) is 21.3 Å². The molecule has 14 atom stereocenters. The molecule has 588 valence electrons. The van der Waals surface area contributed by atoms with Gasteiger partial charge in [-0.05, 0) is 75.3 Å². The second-order valence-electron chi connectivity index (χ2n) is 24.8. The number of carbonyl (C=O) groups is 16. The van der Waals surface area contributed by atoms with Gasteiger partial charge >= 0.3 is 5.97 Å². The van der Waals surface area contributed by atoms with E-state index in [0.717, 1.165) is 50.1 Å². The van der Waals surface area contributed by atoms with Gasteiger partial charge in [0.2, 0.25) is 82.0 Å². The molecular formula is C62H97N15O19S9. The van der Waals surface area contributed by atoms with Crippen LogP contribution in [-0.4, -0.2) is 264 Å².